The number of aryl methyl sites for hydroxylation is 1. The molecule has 0 saturated carbocycles. The molecule has 0 aliphatic carbocycles. The number of hydrogen-bond donors (Lipinski definition) is 0. The second-order valence-electron chi connectivity index (χ2n) is 5.25. The quantitative estimate of drug-likeness (QED) is 0.772. The van der Waals surface area contributed by atoms with Gasteiger partial charge >= 0.3 is 0 Å². The number of hydrogen-bond acceptors (Lipinski definition) is 6. The molecule has 6 nitrogen and oxygen atoms in total. The third-order valence-corrected chi connectivity index (χ3v) is 4.57. The summed E-state index contributed by atoms with van der Waals surface area (Å²) in [7, 11) is 1.88. The van der Waals surface area contributed by atoms with Gasteiger partial charge in [-0.1, -0.05) is 0 Å². The molecule has 2 fully saturated rings. The van der Waals surface area contributed by atoms with Crippen molar-refractivity contribution in [2.75, 3.05) is 33.4 Å². The highest BCUT2D eigenvalue weighted by Crippen LogP contribution is 2.21. The maximum absolute atomic E-state index is 12.2. The summed E-state index contributed by atoms with van der Waals surface area (Å²) in [4.78, 5) is 16.4. The van der Waals surface area contributed by atoms with Crippen molar-refractivity contribution < 1.29 is 9.53 Å². The maximum Gasteiger partial charge on any atom is 0.229 e. The largest absolute Gasteiger partial charge is 0.378 e. The Hall–Kier alpha value is -1.05. The maximum atomic E-state index is 12.2. The van der Waals surface area contributed by atoms with Crippen LogP contribution in [0.25, 0.3) is 0 Å². The summed E-state index contributed by atoms with van der Waals surface area (Å²) in [6, 6.07) is 0.147. The summed E-state index contributed by atoms with van der Waals surface area (Å²) in [6.45, 7) is 5.49. The number of nitrogens with zero attached hydrogens (tertiary/aromatic N) is 4. The van der Waals surface area contributed by atoms with Gasteiger partial charge in [-0.25, -0.2) is 0 Å². The molecule has 7 heteroatoms. The average molecular weight is 282 g/mol. The minimum atomic E-state index is -0.0495. The smallest absolute Gasteiger partial charge is 0.229 e. The van der Waals surface area contributed by atoms with Gasteiger partial charge in [-0.2, -0.15) is 0 Å². The van der Waals surface area contributed by atoms with E-state index >= 15 is 0 Å². The fourth-order valence-electron chi connectivity index (χ4n) is 2.71. The molecule has 0 aromatic carbocycles. The Labute approximate surface area is 116 Å². The van der Waals surface area contributed by atoms with E-state index in [-0.39, 0.29) is 17.9 Å². The summed E-state index contributed by atoms with van der Waals surface area (Å²) >= 11 is 1.62. The van der Waals surface area contributed by atoms with E-state index in [9.17, 15) is 4.79 Å². The Morgan fingerprint density at radius 2 is 2.21 bits per heavy atom. The second kappa shape index (κ2) is 5.15. The van der Waals surface area contributed by atoms with Crippen molar-refractivity contribution in [1.82, 2.24) is 20.0 Å². The lowest BCUT2D eigenvalue weighted by molar-refractivity contribution is -0.133. The van der Waals surface area contributed by atoms with Crippen molar-refractivity contribution >= 4 is 17.2 Å². The van der Waals surface area contributed by atoms with Crippen LogP contribution in [0.5, 0.6) is 0 Å². The second-order valence-corrected chi connectivity index (χ2v) is 6.51. The minimum Gasteiger partial charge on any atom is -0.378 e. The molecule has 0 radical (unpaired) electrons. The zero-order chi connectivity index (χ0) is 13.4. The topological polar surface area (TPSA) is 58.6 Å². The first-order valence-corrected chi connectivity index (χ1v) is 7.31. The molecule has 2 bridgehead atoms. The van der Waals surface area contributed by atoms with Crippen LogP contribution in [0.4, 0.5) is 0 Å². The van der Waals surface area contributed by atoms with Crippen LogP contribution in [-0.2, 0) is 16.1 Å². The summed E-state index contributed by atoms with van der Waals surface area (Å²) in [5, 5.41) is 10.2. The lowest BCUT2D eigenvalue weighted by atomic mass is 10.1. The minimum absolute atomic E-state index is 0.0495. The van der Waals surface area contributed by atoms with Crippen LogP contribution in [0.15, 0.2) is 0 Å². The number of amides is 1. The van der Waals surface area contributed by atoms with E-state index in [0.29, 0.717) is 13.2 Å². The molecule has 2 saturated heterocycles. The summed E-state index contributed by atoms with van der Waals surface area (Å²) < 4.78 is 5.59. The van der Waals surface area contributed by atoms with Crippen molar-refractivity contribution in [2.24, 2.45) is 5.92 Å². The number of fused-ring (bicyclic) bond motifs is 3. The molecule has 1 aromatic heterocycles. The highest BCUT2D eigenvalue weighted by atomic mass is 32.1. The molecule has 2 aliphatic heterocycles. The summed E-state index contributed by atoms with van der Waals surface area (Å²) in [6.07, 6.45) is 0. The summed E-state index contributed by atoms with van der Waals surface area (Å²) in [5.41, 5.74) is 0. The molecule has 0 spiro atoms. The molecule has 1 aromatic rings. The van der Waals surface area contributed by atoms with Crippen LogP contribution in [0.1, 0.15) is 10.0 Å². The Kier molecular flexibility index (Phi) is 3.51. The third kappa shape index (κ3) is 2.63. The Morgan fingerprint density at radius 3 is 2.95 bits per heavy atom. The summed E-state index contributed by atoms with van der Waals surface area (Å²) in [5.74, 6) is 0.157. The van der Waals surface area contributed by atoms with Gasteiger partial charge < -0.3 is 9.64 Å². The monoisotopic (exact) mass is 282 g/mol. The Morgan fingerprint density at radius 1 is 1.37 bits per heavy atom. The lowest BCUT2D eigenvalue weighted by Crippen LogP contribution is -2.42. The van der Waals surface area contributed by atoms with Crippen molar-refractivity contribution in [1.29, 1.82) is 0 Å². The molecule has 104 valence electrons. The Balaban J connectivity index is 1.76. The number of carbonyl (C=O) groups is 1. The molecule has 1 amide bonds. The van der Waals surface area contributed by atoms with Crippen molar-refractivity contribution in [3.05, 3.63) is 10.0 Å². The predicted molar refractivity (Wildman–Crippen MR) is 70.8 cm³/mol. The van der Waals surface area contributed by atoms with Gasteiger partial charge in [0.05, 0.1) is 31.7 Å². The van der Waals surface area contributed by atoms with Crippen molar-refractivity contribution in [2.45, 2.75) is 19.5 Å². The fourth-order valence-corrected chi connectivity index (χ4v) is 3.46. The molecule has 0 N–H and O–H groups in total. The van der Waals surface area contributed by atoms with Gasteiger partial charge in [0.25, 0.3) is 0 Å². The molecule has 0 unspecified atom stereocenters. The number of aromatic nitrogens is 2. The van der Waals surface area contributed by atoms with Crippen LogP contribution in [-0.4, -0.2) is 65.3 Å². The molecule has 19 heavy (non-hydrogen) atoms. The van der Waals surface area contributed by atoms with Gasteiger partial charge in [-0.3, -0.25) is 9.69 Å². The zero-order valence-corrected chi connectivity index (χ0v) is 12.0. The van der Waals surface area contributed by atoms with Gasteiger partial charge in [0, 0.05) is 20.1 Å². The van der Waals surface area contributed by atoms with E-state index in [2.05, 4.69) is 15.1 Å². The molecule has 2 atom stereocenters. The Bertz CT molecular complexity index is 478. The van der Waals surface area contributed by atoms with E-state index in [1.807, 2.05) is 18.9 Å². The third-order valence-electron chi connectivity index (χ3n) is 3.75. The van der Waals surface area contributed by atoms with Crippen LogP contribution in [0.2, 0.25) is 0 Å². The van der Waals surface area contributed by atoms with Crippen molar-refractivity contribution in [3.63, 3.8) is 0 Å². The van der Waals surface area contributed by atoms with Crippen LogP contribution < -0.4 is 0 Å². The van der Waals surface area contributed by atoms with E-state index in [1.54, 1.807) is 11.3 Å². The standard InChI is InChI=1S/C12H18N4O2S/c1-8-13-14-11(19-8)5-16-3-9-6-18-7-10(4-16)15(2)12(9)17/h9-10H,3-7H2,1-2H3/t9-,10+/m1/s1. The molecule has 3 rings (SSSR count). The highest BCUT2D eigenvalue weighted by molar-refractivity contribution is 7.11. The average Bonchev–Trinajstić information content (AvgIpc) is 2.66. The normalized spacial score (nSPS) is 28.5. The van der Waals surface area contributed by atoms with E-state index < -0.39 is 0 Å². The zero-order valence-electron chi connectivity index (χ0n) is 11.2. The van der Waals surface area contributed by atoms with Gasteiger partial charge in [0.2, 0.25) is 5.91 Å². The number of carbonyl (C=O) groups excluding carboxylic acids is 1. The number of likely N-dealkylation sites (N-methyl/N-ethyl adjacent to an activating group) is 1. The SMILES string of the molecule is Cc1nnc(CN2C[C@@H]3COC[C@H](C2)N(C)C3=O)s1. The number of ether oxygens (including phenoxy) is 1. The highest BCUT2D eigenvalue weighted by Gasteiger charge is 2.37. The van der Waals surface area contributed by atoms with Crippen LogP contribution >= 0.6 is 11.3 Å². The van der Waals surface area contributed by atoms with E-state index in [0.717, 1.165) is 29.6 Å². The fraction of sp³-hybridized carbons (Fsp3) is 0.750. The molecular weight excluding hydrogens is 264 g/mol. The van der Waals surface area contributed by atoms with Gasteiger partial charge in [0.1, 0.15) is 10.0 Å². The lowest BCUT2D eigenvalue weighted by Gasteiger charge is -2.28. The number of rotatable bonds is 2. The van der Waals surface area contributed by atoms with Crippen LogP contribution in [0, 0.1) is 12.8 Å². The predicted octanol–water partition coefficient (Wildman–Crippen LogP) is 0.136. The van der Waals surface area contributed by atoms with Gasteiger partial charge in [0.15, 0.2) is 0 Å². The van der Waals surface area contributed by atoms with Gasteiger partial charge in [-0.15, -0.1) is 21.5 Å². The van der Waals surface area contributed by atoms with Crippen molar-refractivity contribution in [3.8, 4) is 0 Å². The molecule has 2 aliphatic rings. The first-order valence-electron chi connectivity index (χ1n) is 6.49. The van der Waals surface area contributed by atoms with Crippen LogP contribution in [0.3, 0.4) is 0 Å². The van der Waals surface area contributed by atoms with E-state index in [4.69, 9.17) is 4.74 Å². The first-order chi connectivity index (χ1) is 9.13. The first kappa shape index (κ1) is 13.0. The molecular formula is C12H18N4O2S. The molecule has 3 heterocycles. The van der Waals surface area contributed by atoms with E-state index in [1.165, 1.54) is 0 Å². The van der Waals surface area contributed by atoms with Gasteiger partial charge in [-0.05, 0) is 6.92 Å².